The number of thioether (sulfide) groups is 1. The molecule has 28 heavy (non-hydrogen) atoms. The smallest absolute Gasteiger partial charge is 0.252 e. The van der Waals surface area contributed by atoms with Gasteiger partial charge in [0.2, 0.25) is 0 Å². The molecule has 2 aromatic carbocycles. The van der Waals surface area contributed by atoms with E-state index >= 15 is 0 Å². The minimum absolute atomic E-state index is 0.126. The number of amides is 1. The summed E-state index contributed by atoms with van der Waals surface area (Å²) in [6, 6.07) is 12.6. The molecule has 1 atom stereocenters. The summed E-state index contributed by atoms with van der Waals surface area (Å²) in [4.78, 5) is 28.9. The Morgan fingerprint density at radius 2 is 1.57 bits per heavy atom. The number of Topliss-reactive ketones (excluding diaryl/α,β-unsaturated/α-hetero) is 1. The third-order valence-electron chi connectivity index (χ3n) is 4.92. The number of anilines is 1. The second-order valence-corrected chi connectivity index (χ2v) is 9.07. The number of allylic oxidation sites excluding steroid dienone is 2. The Morgan fingerprint density at radius 1 is 0.893 bits per heavy atom. The van der Waals surface area contributed by atoms with Crippen LogP contribution in [0.4, 0.5) is 5.69 Å². The van der Waals surface area contributed by atoms with Gasteiger partial charge in [0.25, 0.3) is 5.91 Å². The molecule has 1 unspecified atom stereocenters. The van der Waals surface area contributed by atoms with Gasteiger partial charge in [0, 0.05) is 21.9 Å². The van der Waals surface area contributed by atoms with Crippen molar-refractivity contribution in [1.82, 2.24) is 0 Å². The molecule has 0 radical (unpaired) electrons. The Hall–Kier alpha value is -1.46. The second kappa shape index (κ2) is 8.11. The zero-order chi connectivity index (χ0) is 19.8. The molecule has 0 N–H and O–H groups in total. The van der Waals surface area contributed by atoms with E-state index in [0.29, 0.717) is 26.4 Å². The molecule has 2 aromatic rings. The summed E-state index contributed by atoms with van der Waals surface area (Å²) in [6.45, 7) is 0. The van der Waals surface area contributed by atoms with Gasteiger partial charge in [-0.05, 0) is 49.9 Å². The van der Waals surface area contributed by atoms with E-state index in [-0.39, 0.29) is 11.7 Å². The number of hydrogen-bond donors (Lipinski definition) is 0. The van der Waals surface area contributed by atoms with Crippen LogP contribution in [0.25, 0.3) is 0 Å². The van der Waals surface area contributed by atoms with Crippen molar-refractivity contribution in [2.75, 3.05) is 4.90 Å². The van der Waals surface area contributed by atoms with Crippen LogP contribution in [-0.2, 0) is 9.59 Å². The predicted molar refractivity (Wildman–Crippen MR) is 116 cm³/mol. The third kappa shape index (κ3) is 3.59. The first-order chi connectivity index (χ1) is 13.5. The van der Waals surface area contributed by atoms with E-state index in [0.717, 1.165) is 48.0 Å². The molecule has 144 valence electrons. The molecule has 0 saturated carbocycles. The Morgan fingerprint density at radius 3 is 2.32 bits per heavy atom. The fraction of sp³-hybridized carbons (Fsp3) is 0.238. The molecular weight excluding hydrogens is 437 g/mol. The van der Waals surface area contributed by atoms with Crippen molar-refractivity contribution in [2.24, 2.45) is 0 Å². The number of carbonyl (C=O) groups is 2. The highest BCUT2D eigenvalue weighted by atomic mass is 35.5. The maximum absolute atomic E-state index is 13.4. The largest absolute Gasteiger partial charge is 0.293 e. The number of benzene rings is 2. The van der Waals surface area contributed by atoms with Crippen molar-refractivity contribution in [3.63, 3.8) is 0 Å². The highest BCUT2D eigenvalue weighted by Gasteiger charge is 2.43. The summed E-state index contributed by atoms with van der Waals surface area (Å²) in [5, 5.41) is 0.142. The van der Waals surface area contributed by atoms with Gasteiger partial charge in [-0.15, -0.1) is 11.8 Å². The Bertz CT molecular complexity index is 991. The van der Waals surface area contributed by atoms with Crippen LogP contribution in [0.3, 0.4) is 0 Å². The minimum atomic E-state index is -0.896. The maximum Gasteiger partial charge on any atom is 0.252 e. The van der Waals surface area contributed by atoms with Gasteiger partial charge in [0.1, 0.15) is 0 Å². The maximum atomic E-state index is 13.4. The molecule has 0 aromatic heterocycles. The first kappa shape index (κ1) is 19.8. The molecule has 7 heteroatoms. The van der Waals surface area contributed by atoms with Crippen LogP contribution < -0.4 is 4.90 Å². The highest BCUT2D eigenvalue weighted by Crippen LogP contribution is 2.43. The Kier molecular flexibility index (Phi) is 5.75. The molecule has 0 bridgehead atoms. The lowest BCUT2D eigenvalue weighted by molar-refractivity contribution is -0.125. The van der Waals surface area contributed by atoms with Crippen molar-refractivity contribution in [1.29, 1.82) is 0 Å². The average molecular weight is 453 g/mol. The van der Waals surface area contributed by atoms with Crippen molar-refractivity contribution < 1.29 is 9.59 Å². The van der Waals surface area contributed by atoms with Crippen molar-refractivity contribution in [2.45, 2.75) is 35.8 Å². The number of carbonyl (C=O) groups excluding carboxylic acids is 2. The van der Waals surface area contributed by atoms with Crippen LogP contribution in [0, 0.1) is 0 Å². The van der Waals surface area contributed by atoms with Crippen LogP contribution >= 0.6 is 46.6 Å². The van der Waals surface area contributed by atoms with Gasteiger partial charge < -0.3 is 0 Å². The van der Waals surface area contributed by atoms with E-state index in [1.807, 2.05) is 30.3 Å². The Labute approximate surface area is 182 Å². The first-order valence-electron chi connectivity index (χ1n) is 8.94. The molecule has 0 spiro atoms. The SMILES string of the molecule is O=C1C2=C(CCCC2)N(c2ccccc2)C(=O)C1Sc1cc(Cl)c(Cl)cc1Cl. The summed E-state index contributed by atoms with van der Waals surface area (Å²) in [7, 11) is 0. The first-order valence-corrected chi connectivity index (χ1v) is 10.9. The number of ketones is 1. The van der Waals surface area contributed by atoms with Gasteiger partial charge in [0.15, 0.2) is 11.0 Å². The van der Waals surface area contributed by atoms with Crippen LogP contribution in [0.15, 0.2) is 58.6 Å². The lowest BCUT2D eigenvalue weighted by Gasteiger charge is -2.37. The van der Waals surface area contributed by atoms with E-state index in [1.165, 1.54) is 6.07 Å². The zero-order valence-corrected chi connectivity index (χ0v) is 17.8. The molecule has 0 saturated heterocycles. The number of para-hydroxylation sites is 1. The average Bonchev–Trinajstić information content (AvgIpc) is 2.70. The summed E-state index contributed by atoms with van der Waals surface area (Å²) in [5.41, 5.74) is 2.37. The fourth-order valence-electron chi connectivity index (χ4n) is 3.61. The quantitative estimate of drug-likeness (QED) is 0.391. The highest BCUT2D eigenvalue weighted by molar-refractivity contribution is 8.01. The molecular formula is C21H16Cl3NO2S. The van der Waals surface area contributed by atoms with Crippen LogP contribution in [0.5, 0.6) is 0 Å². The van der Waals surface area contributed by atoms with E-state index in [1.54, 1.807) is 11.0 Å². The van der Waals surface area contributed by atoms with Crippen molar-refractivity contribution >= 4 is 63.9 Å². The fourth-order valence-corrected chi connectivity index (χ4v) is 5.42. The lowest BCUT2D eigenvalue weighted by Crippen LogP contribution is -2.48. The van der Waals surface area contributed by atoms with E-state index in [4.69, 9.17) is 34.8 Å². The monoisotopic (exact) mass is 451 g/mol. The van der Waals surface area contributed by atoms with Gasteiger partial charge in [-0.2, -0.15) is 0 Å². The number of rotatable bonds is 3. The molecule has 4 rings (SSSR count). The molecule has 3 nitrogen and oxygen atoms in total. The van der Waals surface area contributed by atoms with Crippen molar-refractivity contribution in [3.05, 3.63) is 68.8 Å². The summed E-state index contributed by atoms with van der Waals surface area (Å²) in [5.74, 6) is -0.372. The normalized spacial score (nSPS) is 19.8. The van der Waals surface area contributed by atoms with E-state index in [2.05, 4.69) is 0 Å². The number of halogens is 3. The van der Waals surface area contributed by atoms with Crippen LogP contribution in [-0.4, -0.2) is 16.9 Å². The van der Waals surface area contributed by atoms with Crippen molar-refractivity contribution in [3.8, 4) is 0 Å². The van der Waals surface area contributed by atoms with Gasteiger partial charge in [-0.3, -0.25) is 14.5 Å². The molecule has 1 aliphatic heterocycles. The molecule has 1 heterocycles. The Balaban J connectivity index is 1.77. The molecule has 1 amide bonds. The molecule has 1 aliphatic carbocycles. The minimum Gasteiger partial charge on any atom is -0.293 e. The summed E-state index contributed by atoms with van der Waals surface area (Å²) >= 11 is 19.6. The van der Waals surface area contributed by atoms with Gasteiger partial charge >= 0.3 is 0 Å². The van der Waals surface area contributed by atoms with Gasteiger partial charge in [-0.1, -0.05) is 53.0 Å². The predicted octanol–water partition coefficient (Wildman–Crippen LogP) is 6.55. The zero-order valence-electron chi connectivity index (χ0n) is 14.8. The lowest BCUT2D eigenvalue weighted by atomic mass is 9.87. The summed E-state index contributed by atoms with van der Waals surface area (Å²) < 4.78 is 0. The van der Waals surface area contributed by atoms with Crippen LogP contribution in [0.1, 0.15) is 25.7 Å². The standard InChI is InChI=1S/C21H16Cl3NO2S/c22-14-10-16(24)18(11-15(14)23)28-20-19(26)13-8-4-5-9-17(13)25(21(20)27)12-6-2-1-3-7-12/h1-3,6-7,10-11,20H,4-5,8-9H2. The number of nitrogens with zero attached hydrogens (tertiary/aromatic N) is 1. The summed E-state index contributed by atoms with van der Waals surface area (Å²) in [6.07, 6.45) is 3.34. The number of hydrogen-bond acceptors (Lipinski definition) is 3. The van der Waals surface area contributed by atoms with Crippen LogP contribution in [0.2, 0.25) is 15.1 Å². The topological polar surface area (TPSA) is 37.4 Å². The molecule has 2 aliphatic rings. The van der Waals surface area contributed by atoms with Gasteiger partial charge in [-0.25, -0.2) is 0 Å². The molecule has 0 fully saturated rings. The second-order valence-electron chi connectivity index (χ2n) is 6.70. The third-order valence-corrected chi connectivity index (χ3v) is 7.31. The van der Waals surface area contributed by atoms with Gasteiger partial charge in [0.05, 0.1) is 15.1 Å². The van der Waals surface area contributed by atoms with E-state index in [9.17, 15) is 9.59 Å². The van der Waals surface area contributed by atoms with E-state index < -0.39 is 5.25 Å².